The largest absolute Gasteiger partial charge is 0.455 e. The molecule has 0 aromatic heterocycles. The number of nitrogens with zero attached hydrogens (tertiary/aromatic N) is 1. The predicted molar refractivity (Wildman–Crippen MR) is 105 cm³/mol. The normalized spacial score (nSPS) is 30.8. The molecular weight excluding hydrogens is 366 g/mol. The number of non-ortho nitro benzene ring substituents is 1. The first-order chi connectivity index (χ1) is 12.7. The number of hydrogen-bond donors (Lipinski definition) is 0. The van der Waals surface area contributed by atoms with E-state index in [0.29, 0.717) is 17.4 Å². The molecule has 0 amide bonds. The number of benzene rings is 1. The van der Waals surface area contributed by atoms with E-state index >= 15 is 0 Å². The van der Waals surface area contributed by atoms with E-state index in [0.717, 1.165) is 6.42 Å². The average molecular weight is 394 g/mol. The molecule has 1 saturated carbocycles. The van der Waals surface area contributed by atoms with Crippen molar-refractivity contribution in [2.24, 2.45) is 11.8 Å². The van der Waals surface area contributed by atoms with Crippen LogP contribution in [0.5, 0.6) is 0 Å². The molecule has 0 unspecified atom stereocenters. The van der Waals surface area contributed by atoms with Crippen LogP contribution >= 0.6 is 11.8 Å². The molecule has 0 bridgehead atoms. The molecule has 1 aromatic carbocycles. The number of rotatable bonds is 4. The van der Waals surface area contributed by atoms with E-state index < -0.39 is 17.0 Å². The van der Waals surface area contributed by atoms with Gasteiger partial charge in [0.2, 0.25) is 0 Å². The van der Waals surface area contributed by atoms with Gasteiger partial charge in [-0.3, -0.25) is 10.1 Å². The van der Waals surface area contributed by atoms with Crippen LogP contribution in [0.2, 0.25) is 0 Å². The van der Waals surface area contributed by atoms with E-state index in [9.17, 15) is 14.9 Å². The molecule has 6 nitrogen and oxygen atoms in total. The van der Waals surface area contributed by atoms with Gasteiger partial charge < -0.3 is 9.47 Å². The Morgan fingerprint density at radius 3 is 2.63 bits per heavy atom. The molecule has 27 heavy (non-hydrogen) atoms. The first kappa shape index (κ1) is 20.1. The first-order valence-electron chi connectivity index (χ1n) is 9.46. The van der Waals surface area contributed by atoms with Crippen LogP contribution < -0.4 is 0 Å². The summed E-state index contributed by atoms with van der Waals surface area (Å²) in [6.07, 6.45) is 3.26. The maximum absolute atomic E-state index is 12.4. The maximum atomic E-state index is 12.4. The number of thioether (sulfide) groups is 1. The molecule has 2 aliphatic rings. The predicted octanol–water partition coefficient (Wildman–Crippen LogP) is 4.81. The lowest BCUT2D eigenvalue weighted by atomic mass is 9.75. The summed E-state index contributed by atoms with van der Waals surface area (Å²) in [5, 5.41) is 10.7. The highest BCUT2D eigenvalue weighted by atomic mass is 32.2. The van der Waals surface area contributed by atoms with Crippen LogP contribution in [-0.2, 0) is 9.47 Å². The molecule has 0 N–H and O–H groups in total. The van der Waals surface area contributed by atoms with Gasteiger partial charge in [0.15, 0.2) is 0 Å². The highest BCUT2D eigenvalue weighted by molar-refractivity contribution is 8.01. The Kier molecular flexibility index (Phi) is 5.82. The topological polar surface area (TPSA) is 78.7 Å². The number of hydrogen-bond acceptors (Lipinski definition) is 6. The number of nitro groups is 1. The van der Waals surface area contributed by atoms with E-state index in [4.69, 9.17) is 9.47 Å². The molecule has 2 fully saturated rings. The fourth-order valence-corrected chi connectivity index (χ4v) is 5.57. The van der Waals surface area contributed by atoms with Crippen LogP contribution in [0.4, 0.5) is 5.69 Å². The van der Waals surface area contributed by atoms with Crippen molar-refractivity contribution in [2.75, 3.05) is 0 Å². The summed E-state index contributed by atoms with van der Waals surface area (Å²) in [6.45, 7) is 8.63. The quantitative estimate of drug-likeness (QED) is 0.415. The summed E-state index contributed by atoms with van der Waals surface area (Å²) < 4.78 is 12.0. The molecule has 1 heterocycles. The van der Waals surface area contributed by atoms with Gasteiger partial charge in [-0.1, -0.05) is 27.2 Å². The summed E-state index contributed by atoms with van der Waals surface area (Å²) in [6, 6.07) is 5.46. The highest BCUT2D eigenvalue weighted by Gasteiger charge is 2.48. The molecule has 1 saturated heterocycles. The van der Waals surface area contributed by atoms with E-state index in [-0.39, 0.29) is 22.0 Å². The number of fused-ring (bicyclic) bond motifs is 1. The number of carbonyl (C=O) groups excluding carboxylic acids is 1. The van der Waals surface area contributed by atoms with Crippen LogP contribution in [0.15, 0.2) is 24.3 Å². The zero-order valence-electron chi connectivity index (χ0n) is 16.2. The van der Waals surface area contributed by atoms with Crippen molar-refractivity contribution in [1.82, 2.24) is 0 Å². The minimum atomic E-state index is -0.492. The molecule has 1 aliphatic carbocycles. The van der Waals surface area contributed by atoms with E-state index in [2.05, 4.69) is 20.8 Å². The van der Waals surface area contributed by atoms with Crippen LogP contribution in [0.3, 0.4) is 0 Å². The van der Waals surface area contributed by atoms with Gasteiger partial charge in [0.05, 0.1) is 16.6 Å². The van der Waals surface area contributed by atoms with Crippen molar-refractivity contribution in [3.63, 3.8) is 0 Å². The number of ether oxygens (including phenoxy) is 2. The zero-order valence-corrected chi connectivity index (χ0v) is 17.0. The van der Waals surface area contributed by atoms with Crippen molar-refractivity contribution >= 4 is 23.4 Å². The van der Waals surface area contributed by atoms with Gasteiger partial charge in [-0.15, -0.1) is 11.8 Å². The smallest absolute Gasteiger partial charge is 0.338 e. The van der Waals surface area contributed by atoms with Gasteiger partial charge in [-0.05, 0) is 43.7 Å². The molecular formula is C20H27NO5S. The average Bonchev–Trinajstić information content (AvgIpc) is 2.60. The van der Waals surface area contributed by atoms with Gasteiger partial charge >= 0.3 is 5.97 Å². The van der Waals surface area contributed by atoms with E-state index in [1.807, 2.05) is 6.92 Å². The van der Waals surface area contributed by atoms with Crippen molar-refractivity contribution in [3.8, 4) is 0 Å². The van der Waals surface area contributed by atoms with Crippen LogP contribution in [0.1, 0.15) is 57.3 Å². The third-order valence-corrected chi connectivity index (χ3v) is 7.30. The summed E-state index contributed by atoms with van der Waals surface area (Å²) in [5.74, 6) is 0.690. The Labute approximate surface area is 164 Å². The van der Waals surface area contributed by atoms with Gasteiger partial charge in [-0.25, -0.2) is 4.79 Å². The van der Waals surface area contributed by atoms with Crippen molar-refractivity contribution < 1.29 is 19.2 Å². The number of esters is 1. The molecule has 0 spiro atoms. The zero-order chi connectivity index (χ0) is 19.8. The lowest BCUT2D eigenvalue weighted by Crippen LogP contribution is -2.51. The first-order valence-corrected chi connectivity index (χ1v) is 10.3. The Morgan fingerprint density at radius 2 is 2.00 bits per heavy atom. The second-order valence-corrected chi connectivity index (χ2v) is 9.96. The summed E-state index contributed by atoms with van der Waals surface area (Å²) in [4.78, 5) is 22.7. The molecule has 1 aromatic rings. The van der Waals surface area contributed by atoms with E-state index in [1.165, 1.54) is 37.1 Å². The third-order valence-electron chi connectivity index (χ3n) is 5.67. The lowest BCUT2D eigenvalue weighted by molar-refractivity contribution is -0.384. The van der Waals surface area contributed by atoms with Crippen LogP contribution in [-0.4, -0.2) is 33.3 Å². The van der Waals surface area contributed by atoms with Gasteiger partial charge in [0.25, 0.3) is 5.69 Å². The van der Waals surface area contributed by atoms with Gasteiger partial charge in [0.1, 0.15) is 11.5 Å². The van der Waals surface area contributed by atoms with Gasteiger partial charge in [-0.2, -0.15) is 0 Å². The molecule has 0 radical (unpaired) electrons. The Bertz CT molecular complexity index is 705. The Morgan fingerprint density at radius 1 is 1.33 bits per heavy atom. The minimum absolute atomic E-state index is 0.0509. The van der Waals surface area contributed by atoms with Crippen molar-refractivity contribution in [3.05, 3.63) is 39.9 Å². The lowest BCUT2D eigenvalue weighted by Gasteiger charge is -2.50. The molecule has 1 aliphatic heterocycles. The van der Waals surface area contributed by atoms with Crippen LogP contribution in [0, 0.1) is 22.0 Å². The fourth-order valence-electron chi connectivity index (χ4n) is 4.08. The van der Waals surface area contributed by atoms with E-state index in [1.54, 1.807) is 11.8 Å². The SMILES string of the molecule is C[C@H]1CC[C@H]2[C@H](C1)O[C@H]([C@H](C)OC(=O)c1ccc([N+](=O)[O-])cc1)SC2(C)C. The molecule has 148 valence electrons. The third kappa shape index (κ3) is 4.46. The fraction of sp³-hybridized carbons (Fsp3) is 0.650. The monoisotopic (exact) mass is 393 g/mol. The Balaban J connectivity index is 1.65. The van der Waals surface area contributed by atoms with Crippen molar-refractivity contribution in [1.29, 1.82) is 0 Å². The standard InChI is InChI=1S/C20H27NO5S/c1-12-5-10-16-17(11-12)26-19(27-20(16,3)4)13(2)25-18(22)14-6-8-15(9-7-14)21(23)24/h6-9,12-13,16-17,19H,5,10-11H2,1-4H3/t12-,13-,16-,17-,19-/m0/s1. The van der Waals surface area contributed by atoms with Crippen LogP contribution in [0.25, 0.3) is 0 Å². The molecule has 7 heteroatoms. The minimum Gasteiger partial charge on any atom is -0.455 e. The summed E-state index contributed by atoms with van der Waals surface area (Å²) >= 11 is 1.74. The second kappa shape index (κ2) is 7.80. The highest BCUT2D eigenvalue weighted by Crippen LogP contribution is 2.51. The molecule has 5 atom stereocenters. The van der Waals surface area contributed by atoms with Gasteiger partial charge in [0, 0.05) is 16.9 Å². The number of carbonyl (C=O) groups is 1. The number of nitro benzene ring substituents is 1. The maximum Gasteiger partial charge on any atom is 0.338 e. The van der Waals surface area contributed by atoms with Crippen molar-refractivity contribution in [2.45, 2.75) is 69.3 Å². The Hall–Kier alpha value is -1.60. The summed E-state index contributed by atoms with van der Waals surface area (Å²) in [7, 11) is 0. The summed E-state index contributed by atoms with van der Waals surface area (Å²) in [5.41, 5.74) is 0.0372. The second-order valence-electron chi connectivity index (χ2n) is 8.20. The molecule has 3 rings (SSSR count).